The number of ether oxygens (including phenoxy) is 1. The molecular weight excluding hydrogens is 212 g/mol. The molecule has 0 aliphatic rings. The van der Waals surface area contributed by atoms with Crippen LogP contribution >= 0.6 is 0 Å². The lowest BCUT2D eigenvalue weighted by atomic mass is 10.1. The first-order valence-electron chi connectivity index (χ1n) is 6.22. The van der Waals surface area contributed by atoms with Crippen molar-refractivity contribution in [2.24, 2.45) is 5.73 Å². The molecule has 17 heavy (non-hydrogen) atoms. The van der Waals surface area contributed by atoms with E-state index < -0.39 is 0 Å². The molecule has 0 saturated heterocycles. The molecule has 0 fully saturated rings. The van der Waals surface area contributed by atoms with Gasteiger partial charge in [-0.2, -0.15) is 0 Å². The van der Waals surface area contributed by atoms with Crippen molar-refractivity contribution in [3.05, 3.63) is 35.9 Å². The summed E-state index contributed by atoms with van der Waals surface area (Å²) in [7, 11) is 4.15. The van der Waals surface area contributed by atoms with Gasteiger partial charge in [-0.15, -0.1) is 0 Å². The van der Waals surface area contributed by atoms with Crippen molar-refractivity contribution in [3.63, 3.8) is 0 Å². The molecule has 0 amide bonds. The van der Waals surface area contributed by atoms with Gasteiger partial charge < -0.3 is 15.4 Å². The van der Waals surface area contributed by atoms with Crippen molar-refractivity contribution in [1.82, 2.24) is 4.90 Å². The molecule has 0 aliphatic carbocycles. The van der Waals surface area contributed by atoms with Crippen LogP contribution in [0.3, 0.4) is 0 Å². The van der Waals surface area contributed by atoms with E-state index >= 15 is 0 Å². The first kappa shape index (κ1) is 14.2. The Morgan fingerprint density at radius 3 is 2.53 bits per heavy atom. The highest BCUT2D eigenvalue weighted by molar-refractivity contribution is 5.15. The second-order valence-electron chi connectivity index (χ2n) is 4.58. The Labute approximate surface area is 105 Å². The molecule has 2 N–H and O–H groups in total. The molecule has 1 aromatic rings. The van der Waals surface area contributed by atoms with Gasteiger partial charge in [0.05, 0.1) is 6.10 Å². The third kappa shape index (κ3) is 6.41. The van der Waals surface area contributed by atoms with Crippen molar-refractivity contribution in [1.29, 1.82) is 0 Å². The lowest BCUT2D eigenvalue weighted by Gasteiger charge is -2.17. The Hall–Kier alpha value is -0.900. The molecule has 3 nitrogen and oxygen atoms in total. The number of rotatable bonds is 8. The van der Waals surface area contributed by atoms with Crippen LogP contribution in [0.4, 0.5) is 0 Å². The van der Waals surface area contributed by atoms with Crippen molar-refractivity contribution in [2.75, 3.05) is 33.8 Å². The van der Waals surface area contributed by atoms with Crippen LogP contribution in [-0.4, -0.2) is 44.8 Å². The maximum atomic E-state index is 5.79. The van der Waals surface area contributed by atoms with Gasteiger partial charge >= 0.3 is 0 Å². The van der Waals surface area contributed by atoms with Gasteiger partial charge in [-0.3, -0.25) is 0 Å². The predicted molar refractivity (Wildman–Crippen MR) is 72.1 cm³/mol. The molecule has 0 aliphatic heterocycles. The quantitative estimate of drug-likeness (QED) is 0.696. The molecule has 0 radical (unpaired) electrons. The summed E-state index contributed by atoms with van der Waals surface area (Å²) in [5.74, 6) is 0. The van der Waals surface area contributed by atoms with E-state index in [4.69, 9.17) is 10.5 Å². The summed E-state index contributed by atoms with van der Waals surface area (Å²) in [6.07, 6.45) is 2.09. The highest BCUT2D eigenvalue weighted by atomic mass is 16.5. The number of benzene rings is 1. The first-order valence-corrected chi connectivity index (χ1v) is 6.22. The Bertz CT molecular complexity index is 288. The molecule has 3 heteroatoms. The number of hydrogen-bond donors (Lipinski definition) is 1. The minimum Gasteiger partial charge on any atom is -0.377 e. The smallest absolute Gasteiger partial charge is 0.0737 e. The zero-order valence-corrected chi connectivity index (χ0v) is 10.9. The van der Waals surface area contributed by atoms with Crippen LogP contribution in [0.5, 0.6) is 0 Å². The monoisotopic (exact) mass is 236 g/mol. The summed E-state index contributed by atoms with van der Waals surface area (Å²) < 4.78 is 5.79. The summed E-state index contributed by atoms with van der Waals surface area (Å²) >= 11 is 0. The average molecular weight is 236 g/mol. The lowest BCUT2D eigenvalue weighted by molar-refractivity contribution is 0.0548. The highest BCUT2D eigenvalue weighted by Crippen LogP contribution is 2.05. The fraction of sp³-hybridized carbons (Fsp3) is 0.571. The van der Waals surface area contributed by atoms with Gasteiger partial charge in [-0.25, -0.2) is 0 Å². The standard InChI is InChI=1S/C14H24N2O/c1-16(2)9-6-10-17-14(12-15)11-13-7-4-3-5-8-13/h3-5,7-8,14H,6,9-12,15H2,1-2H3. The van der Waals surface area contributed by atoms with E-state index in [0.29, 0.717) is 6.54 Å². The van der Waals surface area contributed by atoms with E-state index in [1.165, 1.54) is 5.56 Å². The van der Waals surface area contributed by atoms with Crippen LogP contribution in [0.1, 0.15) is 12.0 Å². The molecule has 0 spiro atoms. The number of hydrogen-bond acceptors (Lipinski definition) is 3. The maximum Gasteiger partial charge on any atom is 0.0737 e. The summed E-state index contributed by atoms with van der Waals surface area (Å²) in [4.78, 5) is 2.16. The summed E-state index contributed by atoms with van der Waals surface area (Å²) in [5, 5.41) is 0. The largest absolute Gasteiger partial charge is 0.377 e. The summed E-state index contributed by atoms with van der Waals surface area (Å²) in [6.45, 7) is 2.42. The fourth-order valence-corrected chi connectivity index (χ4v) is 1.72. The van der Waals surface area contributed by atoms with E-state index in [2.05, 4.69) is 43.3 Å². The zero-order chi connectivity index (χ0) is 12.5. The molecular formula is C14H24N2O. The summed E-state index contributed by atoms with van der Waals surface area (Å²) in [5.41, 5.74) is 7.01. The normalized spacial score (nSPS) is 12.9. The number of nitrogens with zero attached hydrogens (tertiary/aromatic N) is 1. The van der Waals surface area contributed by atoms with Gasteiger partial charge in [-0.1, -0.05) is 30.3 Å². The molecule has 0 bridgehead atoms. The van der Waals surface area contributed by atoms with Gasteiger partial charge in [0, 0.05) is 13.2 Å². The van der Waals surface area contributed by atoms with E-state index in [9.17, 15) is 0 Å². The van der Waals surface area contributed by atoms with Crippen LogP contribution in [0.15, 0.2) is 30.3 Å². The molecule has 0 saturated carbocycles. The summed E-state index contributed by atoms with van der Waals surface area (Å²) in [6, 6.07) is 10.4. The van der Waals surface area contributed by atoms with Gasteiger partial charge in [0.2, 0.25) is 0 Å². The zero-order valence-electron chi connectivity index (χ0n) is 10.9. The van der Waals surface area contributed by atoms with Crippen LogP contribution in [0, 0.1) is 0 Å². The molecule has 96 valence electrons. The molecule has 0 aromatic heterocycles. The SMILES string of the molecule is CN(C)CCCOC(CN)Cc1ccccc1. The fourth-order valence-electron chi connectivity index (χ4n) is 1.72. The molecule has 1 atom stereocenters. The maximum absolute atomic E-state index is 5.79. The van der Waals surface area contributed by atoms with Crippen LogP contribution in [0.2, 0.25) is 0 Å². The van der Waals surface area contributed by atoms with Gasteiger partial charge in [0.15, 0.2) is 0 Å². The Morgan fingerprint density at radius 2 is 1.94 bits per heavy atom. The van der Waals surface area contributed by atoms with Crippen molar-refractivity contribution in [3.8, 4) is 0 Å². The van der Waals surface area contributed by atoms with E-state index in [1.807, 2.05) is 6.07 Å². The molecule has 1 rings (SSSR count). The number of nitrogens with two attached hydrogens (primary N) is 1. The molecule has 1 unspecified atom stereocenters. The topological polar surface area (TPSA) is 38.5 Å². The lowest BCUT2D eigenvalue weighted by Crippen LogP contribution is -2.27. The van der Waals surface area contributed by atoms with Crippen LogP contribution < -0.4 is 5.73 Å². The van der Waals surface area contributed by atoms with Gasteiger partial charge in [0.1, 0.15) is 0 Å². The van der Waals surface area contributed by atoms with E-state index in [-0.39, 0.29) is 6.10 Å². The Kier molecular flexibility index (Phi) is 6.86. The van der Waals surface area contributed by atoms with Crippen molar-refractivity contribution < 1.29 is 4.74 Å². The van der Waals surface area contributed by atoms with Crippen LogP contribution in [0.25, 0.3) is 0 Å². The van der Waals surface area contributed by atoms with Crippen molar-refractivity contribution >= 4 is 0 Å². The van der Waals surface area contributed by atoms with Crippen LogP contribution in [-0.2, 0) is 11.2 Å². The first-order chi connectivity index (χ1) is 8.22. The Morgan fingerprint density at radius 1 is 1.24 bits per heavy atom. The second kappa shape index (κ2) is 8.23. The van der Waals surface area contributed by atoms with E-state index in [1.54, 1.807) is 0 Å². The average Bonchev–Trinajstić information content (AvgIpc) is 2.34. The van der Waals surface area contributed by atoms with Gasteiger partial charge in [0.25, 0.3) is 0 Å². The molecule has 1 aromatic carbocycles. The van der Waals surface area contributed by atoms with E-state index in [0.717, 1.165) is 26.0 Å². The minimum absolute atomic E-state index is 0.138. The second-order valence-corrected chi connectivity index (χ2v) is 4.58. The van der Waals surface area contributed by atoms with Crippen molar-refractivity contribution in [2.45, 2.75) is 18.9 Å². The Balaban J connectivity index is 2.24. The third-order valence-corrected chi connectivity index (χ3v) is 2.67. The third-order valence-electron chi connectivity index (χ3n) is 2.67. The molecule has 0 heterocycles. The van der Waals surface area contributed by atoms with Gasteiger partial charge in [-0.05, 0) is 39.0 Å². The predicted octanol–water partition coefficient (Wildman–Crippen LogP) is 1.52. The highest BCUT2D eigenvalue weighted by Gasteiger charge is 2.07. The minimum atomic E-state index is 0.138.